The predicted octanol–water partition coefficient (Wildman–Crippen LogP) is 2.58. The van der Waals surface area contributed by atoms with Gasteiger partial charge in [0.15, 0.2) is 0 Å². The molecule has 2 unspecified atom stereocenters. The summed E-state index contributed by atoms with van der Waals surface area (Å²) in [5, 5.41) is 0. The SMILES string of the molecule is Cc1c(F)cc(C2CC2C=O)cc1F. The number of carbonyl (C=O) groups excluding carboxylic acids is 1. The Balaban J connectivity index is 2.33. The molecule has 0 heterocycles. The zero-order valence-corrected chi connectivity index (χ0v) is 7.76. The van der Waals surface area contributed by atoms with Crippen LogP contribution in [0.15, 0.2) is 12.1 Å². The first-order chi connectivity index (χ1) is 6.63. The van der Waals surface area contributed by atoms with Gasteiger partial charge in [-0.2, -0.15) is 0 Å². The van der Waals surface area contributed by atoms with Crippen molar-refractivity contribution in [3.05, 3.63) is 34.9 Å². The maximum absolute atomic E-state index is 13.1. The predicted molar refractivity (Wildman–Crippen MR) is 48.0 cm³/mol. The molecule has 0 saturated heterocycles. The van der Waals surface area contributed by atoms with Gasteiger partial charge in [0, 0.05) is 11.5 Å². The lowest BCUT2D eigenvalue weighted by atomic mass is 10.1. The zero-order chi connectivity index (χ0) is 10.3. The van der Waals surface area contributed by atoms with Crippen molar-refractivity contribution in [1.29, 1.82) is 0 Å². The van der Waals surface area contributed by atoms with Gasteiger partial charge in [0.1, 0.15) is 17.9 Å². The topological polar surface area (TPSA) is 17.1 Å². The number of aldehydes is 1. The Morgan fingerprint density at radius 2 is 1.93 bits per heavy atom. The molecule has 2 atom stereocenters. The van der Waals surface area contributed by atoms with Crippen LogP contribution in [-0.4, -0.2) is 6.29 Å². The summed E-state index contributed by atoms with van der Waals surface area (Å²) >= 11 is 0. The van der Waals surface area contributed by atoms with Crippen LogP contribution in [0.2, 0.25) is 0 Å². The number of hydrogen-bond donors (Lipinski definition) is 0. The highest BCUT2D eigenvalue weighted by atomic mass is 19.1. The van der Waals surface area contributed by atoms with E-state index in [-0.39, 0.29) is 17.4 Å². The van der Waals surface area contributed by atoms with E-state index < -0.39 is 11.6 Å². The lowest BCUT2D eigenvalue weighted by molar-refractivity contribution is -0.108. The van der Waals surface area contributed by atoms with Crippen molar-refractivity contribution in [2.45, 2.75) is 19.3 Å². The van der Waals surface area contributed by atoms with E-state index in [2.05, 4.69) is 0 Å². The van der Waals surface area contributed by atoms with Crippen molar-refractivity contribution < 1.29 is 13.6 Å². The van der Waals surface area contributed by atoms with Crippen LogP contribution in [0.25, 0.3) is 0 Å². The fourth-order valence-corrected chi connectivity index (χ4v) is 1.63. The third kappa shape index (κ3) is 1.43. The van der Waals surface area contributed by atoms with Crippen LogP contribution >= 0.6 is 0 Å². The van der Waals surface area contributed by atoms with Gasteiger partial charge in [-0.05, 0) is 37.0 Å². The monoisotopic (exact) mass is 196 g/mol. The first-order valence-corrected chi connectivity index (χ1v) is 4.54. The lowest BCUT2D eigenvalue weighted by Crippen LogP contribution is -1.93. The van der Waals surface area contributed by atoms with Gasteiger partial charge >= 0.3 is 0 Å². The van der Waals surface area contributed by atoms with Gasteiger partial charge in [0.05, 0.1) is 0 Å². The van der Waals surface area contributed by atoms with Crippen LogP contribution in [0.5, 0.6) is 0 Å². The normalized spacial score (nSPS) is 24.8. The summed E-state index contributed by atoms with van der Waals surface area (Å²) in [4.78, 5) is 10.4. The van der Waals surface area contributed by atoms with Gasteiger partial charge in [-0.1, -0.05) is 0 Å². The summed E-state index contributed by atoms with van der Waals surface area (Å²) in [6.45, 7) is 1.40. The standard InChI is InChI=1S/C11H10F2O/c1-6-10(12)3-7(4-11(6)13)9-2-8(9)5-14/h3-5,8-9H,2H2,1H3. The summed E-state index contributed by atoms with van der Waals surface area (Å²) < 4.78 is 26.3. The van der Waals surface area contributed by atoms with Crippen molar-refractivity contribution in [2.24, 2.45) is 5.92 Å². The molecule has 0 aromatic heterocycles. The first-order valence-electron chi connectivity index (χ1n) is 4.54. The number of halogens is 2. The molecule has 1 aliphatic rings. The summed E-state index contributed by atoms with van der Waals surface area (Å²) in [7, 11) is 0. The van der Waals surface area contributed by atoms with Crippen molar-refractivity contribution in [3.63, 3.8) is 0 Å². The van der Waals surface area contributed by atoms with Gasteiger partial charge < -0.3 is 4.79 Å². The van der Waals surface area contributed by atoms with E-state index in [4.69, 9.17) is 0 Å². The molecule has 1 aromatic carbocycles. The van der Waals surface area contributed by atoms with Crippen LogP contribution in [0.4, 0.5) is 8.78 Å². The summed E-state index contributed by atoms with van der Waals surface area (Å²) in [6, 6.07) is 2.65. The maximum atomic E-state index is 13.1. The van der Waals surface area contributed by atoms with Gasteiger partial charge in [-0.25, -0.2) is 8.78 Å². The lowest BCUT2D eigenvalue weighted by Gasteiger charge is -2.03. The highest BCUT2D eigenvalue weighted by Crippen LogP contribution is 2.46. The second-order valence-electron chi connectivity index (χ2n) is 3.75. The van der Waals surface area contributed by atoms with Crippen LogP contribution < -0.4 is 0 Å². The highest BCUT2D eigenvalue weighted by Gasteiger charge is 2.38. The second-order valence-corrected chi connectivity index (χ2v) is 3.75. The molecule has 1 fully saturated rings. The van der Waals surface area contributed by atoms with E-state index in [1.165, 1.54) is 19.1 Å². The largest absolute Gasteiger partial charge is 0.303 e. The molecule has 0 spiro atoms. The number of carbonyl (C=O) groups is 1. The molecular weight excluding hydrogens is 186 g/mol. The average Bonchev–Trinajstić information content (AvgIpc) is 2.92. The van der Waals surface area contributed by atoms with Crippen molar-refractivity contribution in [2.75, 3.05) is 0 Å². The number of benzene rings is 1. The summed E-state index contributed by atoms with van der Waals surface area (Å²) in [5.74, 6) is -1.08. The van der Waals surface area contributed by atoms with E-state index in [0.717, 1.165) is 6.29 Å². The Bertz CT molecular complexity index is 364. The molecule has 0 aliphatic heterocycles. The molecule has 1 saturated carbocycles. The van der Waals surface area contributed by atoms with Crippen LogP contribution in [0.3, 0.4) is 0 Å². The van der Waals surface area contributed by atoms with Gasteiger partial charge in [0.25, 0.3) is 0 Å². The molecule has 14 heavy (non-hydrogen) atoms. The van der Waals surface area contributed by atoms with Crippen LogP contribution in [0.1, 0.15) is 23.5 Å². The first kappa shape index (κ1) is 9.31. The molecule has 0 radical (unpaired) electrons. The molecule has 0 bridgehead atoms. The highest BCUT2D eigenvalue weighted by molar-refractivity contribution is 5.61. The van der Waals surface area contributed by atoms with E-state index in [1.54, 1.807) is 0 Å². The van der Waals surface area contributed by atoms with E-state index in [9.17, 15) is 13.6 Å². The van der Waals surface area contributed by atoms with Gasteiger partial charge in [-0.3, -0.25) is 0 Å². The minimum absolute atomic E-state index is 0.0251. The third-order valence-corrected chi connectivity index (χ3v) is 2.75. The third-order valence-electron chi connectivity index (χ3n) is 2.75. The van der Waals surface area contributed by atoms with Crippen molar-refractivity contribution in [3.8, 4) is 0 Å². The number of hydrogen-bond acceptors (Lipinski definition) is 1. The molecular formula is C11H10F2O. The fraction of sp³-hybridized carbons (Fsp3) is 0.364. The Kier molecular flexibility index (Phi) is 2.10. The minimum atomic E-state index is -0.531. The molecule has 3 heteroatoms. The average molecular weight is 196 g/mol. The maximum Gasteiger partial charge on any atom is 0.129 e. The summed E-state index contributed by atoms with van der Waals surface area (Å²) in [5.41, 5.74) is 0.639. The fourth-order valence-electron chi connectivity index (χ4n) is 1.63. The molecule has 2 rings (SSSR count). The molecule has 1 aromatic rings. The van der Waals surface area contributed by atoms with Gasteiger partial charge in [-0.15, -0.1) is 0 Å². The zero-order valence-electron chi connectivity index (χ0n) is 7.76. The van der Waals surface area contributed by atoms with Crippen LogP contribution in [-0.2, 0) is 4.79 Å². The molecule has 0 N–H and O–H groups in total. The number of rotatable bonds is 2. The Morgan fingerprint density at radius 3 is 2.36 bits per heavy atom. The minimum Gasteiger partial charge on any atom is -0.303 e. The molecule has 1 aliphatic carbocycles. The quantitative estimate of drug-likeness (QED) is 0.664. The van der Waals surface area contributed by atoms with E-state index >= 15 is 0 Å². The van der Waals surface area contributed by atoms with Crippen LogP contribution in [0, 0.1) is 24.5 Å². The van der Waals surface area contributed by atoms with Crippen molar-refractivity contribution >= 4 is 6.29 Å². The Labute approximate surface area is 80.7 Å². The molecule has 1 nitrogen and oxygen atoms in total. The Hall–Kier alpha value is -1.25. The second kappa shape index (κ2) is 3.15. The molecule has 0 amide bonds. The van der Waals surface area contributed by atoms with Gasteiger partial charge in [0.2, 0.25) is 0 Å². The van der Waals surface area contributed by atoms with E-state index in [1.807, 2.05) is 0 Å². The molecule has 74 valence electrons. The Morgan fingerprint density at radius 1 is 1.36 bits per heavy atom. The van der Waals surface area contributed by atoms with E-state index in [0.29, 0.717) is 12.0 Å². The summed E-state index contributed by atoms with van der Waals surface area (Å²) in [6.07, 6.45) is 1.56. The van der Waals surface area contributed by atoms with Crippen molar-refractivity contribution in [1.82, 2.24) is 0 Å². The smallest absolute Gasteiger partial charge is 0.129 e.